The number of ether oxygens (including phenoxy) is 2. The normalized spacial score (nSPS) is 38.8. The quantitative estimate of drug-likeness (QED) is 0.822. The van der Waals surface area contributed by atoms with E-state index in [-0.39, 0.29) is 5.60 Å². The van der Waals surface area contributed by atoms with E-state index in [2.05, 4.69) is 19.2 Å². The van der Waals surface area contributed by atoms with Crippen LogP contribution < -0.4 is 5.32 Å². The minimum atomic E-state index is 0.0431. The molecule has 0 radical (unpaired) electrons. The van der Waals surface area contributed by atoms with Gasteiger partial charge >= 0.3 is 0 Å². The molecule has 0 aromatic carbocycles. The Morgan fingerprint density at radius 3 is 3.00 bits per heavy atom. The first kappa shape index (κ1) is 13.3. The first-order valence-electron chi connectivity index (χ1n) is 7.04. The van der Waals surface area contributed by atoms with Gasteiger partial charge in [0.25, 0.3) is 0 Å². The van der Waals surface area contributed by atoms with Crippen LogP contribution in [0, 0.1) is 11.8 Å². The van der Waals surface area contributed by atoms with E-state index in [4.69, 9.17) is 9.47 Å². The average molecular weight is 241 g/mol. The van der Waals surface area contributed by atoms with Crippen molar-refractivity contribution in [3.8, 4) is 0 Å². The van der Waals surface area contributed by atoms with E-state index in [9.17, 15) is 0 Å². The van der Waals surface area contributed by atoms with E-state index in [1.807, 2.05) is 0 Å². The van der Waals surface area contributed by atoms with Gasteiger partial charge in [0.2, 0.25) is 0 Å². The van der Waals surface area contributed by atoms with Gasteiger partial charge < -0.3 is 14.8 Å². The third kappa shape index (κ3) is 2.83. The molecule has 2 rings (SSSR count). The second-order valence-corrected chi connectivity index (χ2v) is 5.98. The minimum absolute atomic E-state index is 0.0431. The van der Waals surface area contributed by atoms with Gasteiger partial charge in [-0.2, -0.15) is 0 Å². The van der Waals surface area contributed by atoms with E-state index >= 15 is 0 Å². The summed E-state index contributed by atoms with van der Waals surface area (Å²) in [5.41, 5.74) is 0.0431. The molecule has 17 heavy (non-hydrogen) atoms. The summed E-state index contributed by atoms with van der Waals surface area (Å²) in [7, 11) is 1.78. The lowest BCUT2D eigenvalue weighted by Gasteiger charge is -2.49. The molecule has 1 N–H and O–H groups in total. The monoisotopic (exact) mass is 241 g/mol. The van der Waals surface area contributed by atoms with Gasteiger partial charge in [0, 0.05) is 13.7 Å². The van der Waals surface area contributed by atoms with Crippen LogP contribution >= 0.6 is 0 Å². The zero-order chi connectivity index (χ0) is 12.3. The van der Waals surface area contributed by atoms with E-state index < -0.39 is 0 Å². The molecule has 0 bridgehead atoms. The lowest BCUT2D eigenvalue weighted by Crippen LogP contribution is -2.61. The number of nitrogens with one attached hydrogen (secondary N) is 1. The average Bonchev–Trinajstić information content (AvgIpc) is 2.33. The summed E-state index contributed by atoms with van der Waals surface area (Å²) in [5.74, 6) is 1.57. The van der Waals surface area contributed by atoms with Crippen LogP contribution in [0.3, 0.4) is 0 Å². The maximum Gasteiger partial charge on any atom is 0.0860 e. The maximum absolute atomic E-state index is 6.21. The van der Waals surface area contributed by atoms with Crippen LogP contribution in [0.15, 0.2) is 0 Å². The highest BCUT2D eigenvalue weighted by Gasteiger charge is 2.45. The summed E-state index contributed by atoms with van der Waals surface area (Å²) >= 11 is 0. The van der Waals surface area contributed by atoms with Gasteiger partial charge in [0.05, 0.1) is 24.9 Å². The van der Waals surface area contributed by atoms with Crippen molar-refractivity contribution >= 4 is 0 Å². The summed E-state index contributed by atoms with van der Waals surface area (Å²) in [6, 6.07) is 0.378. The number of hydrogen-bond acceptors (Lipinski definition) is 3. The SMILES string of the molecule is COCC1NCCOC12CCCC(C(C)C)C2. The van der Waals surface area contributed by atoms with Gasteiger partial charge in [-0.1, -0.05) is 20.3 Å². The molecule has 3 nitrogen and oxygen atoms in total. The Morgan fingerprint density at radius 1 is 1.47 bits per heavy atom. The molecule has 100 valence electrons. The maximum atomic E-state index is 6.21. The topological polar surface area (TPSA) is 30.5 Å². The Balaban J connectivity index is 2.07. The Morgan fingerprint density at radius 2 is 2.29 bits per heavy atom. The summed E-state index contributed by atoms with van der Waals surface area (Å²) in [6.07, 6.45) is 5.05. The smallest absolute Gasteiger partial charge is 0.0860 e. The summed E-state index contributed by atoms with van der Waals surface area (Å²) in [4.78, 5) is 0. The highest BCUT2D eigenvalue weighted by atomic mass is 16.5. The molecule has 2 fully saturated rings. The minimum Gasteiger partial charge on any atom is -0.383 e. The molecule has 1 aliphatic carbocycles. The Hall–Kier alpha value is -0.120. The van der Waals surface area contributed by atoms with Crippen molar-refractivity contribution in [2.75, 3.05) is 26.9 Å². The molecule has 1 spiro atoms. The molecule has 3 atom stereocenters. The van der Waals surface area contributed by atoms with Crippen molar-refractivity contribution in [2.45, 2.75) is 51.2 Å². The predicted molar refractivity (Wildman–Crippen MR) is 69.1 cm³/mol. The van der Waals surface area contributed by atoms with Gasteiger partial charge in [-0.05, 0) is 31.1 Å². The lowest BCUT2D eigenvalue weighted by atomic mass is 9.70. The Bertz CT molecular complexity index is 238. The second kappa shape index (κ2) is 5.68. The van der Waals surface area contributed by atoms with Crippen molar-refractivity contribution < 1.29 is 9.47 Å². The van der Waals surface area contributed by atoms with Crippen molar-refractivity contribution in [3.63, 3.8) is 0 Å². The van der Waals surface area contributed by atoms with Crippen molar-refractivity contribution in [1.82, 2.24) is 5.32 Å². The van der Waals surface area contributed by atoms with Gasteiger partial charge in [-0.15, -0.1) is 0 Å². The second-order valence-electron chi connectivity index (χ2n) is 5.98. The predicted octanol–water partition coefficient (Wildman–Crippen LogP) is 2.21. The molecular weight excluding hydrogens is 214 g/mol. The summed E-state index contributed by atoms with van der Waals surface area (Å²) < 4.78 is 11.6. The zero-order valence-electron chi connectivity index (χ0n) is 11.5. The van der Waals surface area contributed by atoms with Crippen LogP contribution in [-0.4, -0.2) is 38.5 Å². The largest absolute Gasteiger partial charge is 0.383 e. The molecule has 3 heteroatoms. The highest BCUT2D eigenvalue weighted by Crippen LogP contribution is 2.41. The van der Waals surface area contributed by atoms with E-state index in [1.54, 1.807) is 7.11 Å². The molecule has 3 unspecified atom stereocenters. The fourth-order valence-electron chi connectivity index (χ4n) is 3.48. The van der Waals surface area contributed by atoms with E-state index in [0.29, 0.717) is 6.04 Å². The van der Waals surface area contributed by atoms with E-state index in [0.717, 1.165) is 31.6 Å². The zero-order valence-corrected chi connectivity index (χ0v) is 11.5. The number of hydrogen-bond donors (Lipinski definition) is 1. The molecule has 2 aliphatic rings. The lowest BCUT2D eigenvalue weighted by molar-refractivity contribution is -0.142. The fourth-order valence-corrected chi connectivity index (χ4v) is 3.48. The Kier molecular flexibility index (Phi) is 4.45. The third-order valence-electron chi connectivity index (χ3n) is 4.58. The number of rotatable bonds is 3. The molecule has 0 amide bonds. The van der Waals surface area contributed by atoms with Crippen LogP contribution in [0.2, 0.25) is 0 Å². The highest BCUT2D eigenvalue weighted by molar-refractivity contribution is 5.00. The van der Waals surface area contributed by atoms with Gasteiger partial charge in [0.15, 0.2) is 0 Å². The van der Waals surface area contributed by atoms with E-state index in [1.165, 1.54) is 25.7 Å². The molecule has 1 aliphatic heterocycles. The molecule has 1 heterocycles. The first-order valence-corrected chi connectivity index (χ1v) is 7.04. The number of morpholine rings is 1. The van der Waals surface area contributed by atoms with Crippen LogP contribution in [0.1, 0.15) is 39.5 Å². The fraction of sp³-hybridized carbons (Fsp3) is 1.00. The van der Waals surface area contributed by atoms with Crippen molar-refractivity contribution in [3.05, 3.63) is 0 Å². The first-order chi connectivity index (χ1) is 8.18. The summed E-state index contributed by atoms with van der Waals surface area (Å²) in [5, 5.41) is 3.59. The van der Waals surface area contributed by atoms with Crippen LogP contribution in [0.4, 0.5) is 0 Å². The number of methoxy groups -OCH3 is 1. The molecule has 0 aromatic heterocycles. The van der Waals surface area contributed by atoms with Gasteiger partial charge in [-0.3, -0.25) is 0 Å². The van der Waals surface area contributed by atoms with Crippen molar-refractivity contribution in [1.29, 1.82) is 0 Å². The molecule has 1 saturated carbocycles. The summed E-state index contributed by atoms with van der Waals surface area (Å²) in [6.45, 7) is 7.26. The Labute approximate surface area is 105 Å². The molecular formula is C14H27NO2. The van der Waals surface area contributed by atoms with Gasteiger partial charge in [-0.25, -0.2) is 0 Å². The van der Waals surface area contributed by atoms with Crippen LogP contribution in [0.25, 0.3) is 0 Å². The van der Waals surface area contributed by atoms with Crippen LogP contribution in [0.5, 0.6) is 0 Å². The standard InChI is InChI=1S/C14H27NO2/c1-11(2)12-5-4-6-14(9-12)13(10-16-3)15-7-8-17-14/h11-13,15H,4-10H2,1-3H3. The van der Waals surface area contributed by atoms with Crippen molar-refractivity contribution in [2.24, 2.45) is 11.8 Å². The van der Waals surface area contributed by atoms with Gasteiger partial charge in [0.1, 0.15) is 0 Å². The molecule has 0 aromatic rings. The van der Waals surface area contributed by atoms with Crippen LogP contribution in [-0.2, 0) is 9.47 Å². The molecule has 1 saturated heterocycles. The third-order valence-corrected chi connectivity index (χ3v) is 4.58.